The molecule has 1 aliphatic carbocycles. The molecule has 1 aliphatic heterocycles. The third kappa shape index (κ3) is 5.24. The quantitative estimate of drug-likeness (QED) is 0.831. The van der Waals surface area contributed by atoms with Crippen molar-refractivity contribution in [3.05, 3.63) is 30.1 Å². The van der Waals surface area contributed by atoms with Crippen molar-refractivity contribution in [2.45, 2.75) is 38.5 Å². The fourth-order valence-electron chi connectivity index (χ4n) is 4.09. The lowest BCUT2D eigenvalue weighted by molar-refractivity contribution is -0.134. The molecule has 1 saturated heterocycles. The zero-order valence-corrected chi connectivity index (χ0v) is 16.8. The van der Waals surface area contributed by atoms with E-state index in [1.807, 2.05) is 15.9 Å². The monoisotopic (exact) mass is 405 g/mol. The number of hydrogen-bond donors (Lipinski definition) is 1. The molecule has 1 amide bonds. The van der Waals surface area contributed by atoms with Crippen LogP contribution in [0.3, 0.4) is 0 Å². The van der Waals surface area contributed by atoms with E-state index in [9.17, 15) is 9.18 Å². The molecule has 0 atom stereocenters. The molecule has 1 aromatic rings. The van der Waals surface area contributed by atoms with E-state index in [1.54, 1.807) is 12.1 Å². The Balaban J connectivity index is 0.00000169. The predicted molar refractivity (Wildman–Crippen MR) is 109 cm³/mol. The van der Waals surface area contributed by atoms with Crippen molar-refractivity contribution in [2.75, 3.05) is 37.6 Å². The van der Waals surface area contributed by atoms with E-state index < -0.39 is 0 Å². The molecule has 2 fully saturated rings. The number of anilines is 1. The molecule has 1 aromatic carbocycles. The van der Waals surface area contributed by atoms with E-state index in [1.165, 1.54) is 25.3 Å². The van der Waals surface area contributed by atoms with Crippen LogP contribution >= 0.6 is 24.8 Å². The molecule has 0 unspecified atom stereocenters. The van der Waals surface area contributed by atoms with Gasteiger partial charge in [0.25, 0.3) is 0 Å². The number of nitrogens with two attached hydrogens (primary N) is 1. The van der Waals surface area contributed by atoms with Crippen LogP contribution in [0.15, 0.2) is 24.3 Å². The number of carbonyl (C=O) groups is 1. The normalized spacial score (nSPS) is 19.3. The minimum Gasteiger partial charge on any atom is -0.366 e. The maximum absolute atomic E-state index is 13.9. The van der Waals surface area contributed by atoms with Gasteiger partial charge in [-0.3, -0.25) is 4.79 Å². The van der Waals surface area contributed by atoms with Crippen LogP contribution in [0.5, 0.6) is 0 Å². The maximum Gasteiger partial charge on any atom is 0.223 e. The first-order valence-electron chi connectivity index (χ1n) is 9.11. The highest BCUT2D eigenvalue weighted by molar-refractivity contribution is 5.85. The summed E-state index contributed by atoms with van der Waals surface area (Å²) >= 11 is 0. The van der Waals surface area contributed by atoms with Gasteiger partial charge in [-0.05, 0) is 36.9 Å². The molecule has 3 rings (SSSR count). The van der Waals surface area contributed by atoms with Crippen molar-refractivity contribution >= 4 is 36.4 Å². The number of piperazine rings is 1. The van der Waals surface area contributed by atoms with Crippen molar-refractivity contribution in [1.82, 2.24) is 4.90 Å². The van der Waals surface area contributed by atoms with Crippen molar-refractivity contribution < 1.29 is 9.18 Å². The van der Waals surface area contributed by atoms with Gasteiger partial charge in [-0.1, -0.05) is 31.4 Å². The molecule has 1 heterocycles. The topological polar surface area (TPSA) is 49.6 Å². The predicted octanol–water partition coefficient (Wildman–Crippen LogP) is 3.62. The molecule has 1 saturated carbocycles. The largest absolute Gasteiger partial charge is 0.366 e. The van der Waals surface area contributed by atoms with Gasteiger partial charge in [-0.15, -0.1) is 24.8 Å². The molecule has 0 bridgehead atoms. The van der Waals surface area contributed by atoms with Crippen LogP contribution in [0, 0.1) is 11.2 Å². The highest BCUT2D eigenvalue weighted by Gasteiger charge is 2.35. The van der Waals surface area contributed by atoms with Crippen molar-refractivity contribution in [1.29, 1.82) is 0 Å². The van der Waals surface area contributed by atoms with E-state index in [4.69, 9.17) is 5.73 Å². The zero-order chi connectivity index (χ0) is 17.0. The number of carbonyl (C=O) groups excluding carboxylic acids is 1. The van der Waals surface area contributed by atoms with Gasteiger partial charge in [0.1, 0.15) is 5.82 Å². The Hall–Kier alpha value is -1.04. The first-order valence-corrected chi connectivity index (χ1v) is 9.11. The Morgan fingerprint density at radius 2 is 1.65 bits per heavy atom. The number of hydrogen-bond acceptors (Lipinski definition) is 3. The van der Waals surface area contributed by atoms with Gasteiger partial charge in [0.05, 0.1) is 5.69 Å². The highest BCUT2D eigenvalue weighted by atomic mass is 35.5. The Morgan fingerprint density at radius 1 is 1.04 bits per heavy atom. The van der Waals surface area contributed by atoms with Gasteiger partial charge < -0.3 is 15.5 Å². The zero-order valence-electron chi connectivity index (χ0n) is 15.2. The summed E-state index contributed by atoms with van der Waals surface area (Å²) in [5, 5.41) is 0. The summed E-state index contributed by atoms with van der Waals surface area (Å²) in [5.74, 6) is 0.0251. The summed E-state index contributed by atoms with van der Waals surface area (Å²) in [6.45, 7) is 3.29. The summed E-state index contributed by atoms with van der Waals surface area (Å²) in [6, 6.07) is 6.85. The lowest BCUT2D eigenvalue weighted by Gasteiger charge is -2.40. The van der Waals surface area contributed by atoms with Gasteiger partial charge in [0.2, 0.25) is 5.91 Å². The average molecular weight is 406 g/mol. The molecule has 148 valence electrons. The number of halogens is 3. The molecule has 0 aromatic heterocycles. The van der Waals surface area contributed by atoms with E-state index in [2.05, 4.69) is 0 Å². The molecule has 2 aliphatic rings. The summed E-state index contributed by atoms with van der Waals surface area (Å²) < 4.78 is 13.9. The number of rotatable bonds is 4. The van der Waals surface area contributed by atoms with Crippen molar-refractivity contribution in [2.24, 2.45) is 11.1 Å². The standard InChI is InChI=1S/C19H28FN3O.2ClH/c20-16-6-2-3-7-17(16)22-10-12-23(13-11-22)18(24)14-19(15-21)8-4-1-5-9-19;;/h2-3,6-7H,1,4-5,8-15,21H2;2*1H. The van der Waals surface area contributed by atoms with Gasteiger partial charge in [-0.2, -0.15) is 0 Å². The first kappa shape index (κ1) is 23.0. The Morgan fingerprint density at radius 3 is 2.23 bits per heavy atom. The molecule has 0 spiro atoms. The van der Waals surface area contributed by atoms with E-state index in [0.717, 1.165) is 12.8 Å². The molecule has 7 heteroatoms. The third-order valence-electron chi connectivity index (χ3n) is 5.70. The van der Waals surface area contributed by atoms with Gasteiger partial charge in [0.15, 0.2) is 0 Å². The summed E-state index contributed by atoms with van der Waals surface area (Å²) in [7, 11) is 0. The smallest absolute Gasteiger partial charge is 0.223 e. The number of amides is 1. The Labute approximate surface area is 168 Å². The fraction of sp³-hybridized carbons (Fsp3) is 0.632. The van der Waals surface area contributed by atoms with Crippen LogP contribution in [0.1, 0.15) is 38.5 Å². The SMILES string of the molecule is Cl.Cl.NCC1(CC(=O)N2CCN(c3ccccc3F)CC2)CCCCC1. The summed E-state index contributed by atoms with van der Waals surface area (Å²) in [4.78, 5) is 16.7. The van der Waals surface area contributed by atoms with Gasteiger partial charge >= 0.3 is 0 Å². The number of para-hydroxylation sites is 1. The van der Waals surface area contributed by atoms with Crippen LogP contribution in [0.4, 0.5) is 10.1 Å². The minimum absolute atomic E-state index is 0. The second-order valence-corrected chi connectivity index (χ2v) is 7.26. The molecule has 2 N–H and O–H groups in total. The third-order valence-corrected chi connectivity index (χ3v) is 5.70. The minimum atomic E-state index is -0.193. The molecule has 0 radical (unpaired) electrons. The van der Waals surface area contributed by atoms with E-state index in [0.29, 0.717) is 44.8 Å². The molecule has 4 nitrogen and oxygen atoms in total. The first-order chi connectivity index (χ1) is 11.6. The fourth-order valence-corrected chi connectivity index (χ4v) is 4.09. The molecular formula is C19H30Cl2FN3O. The second-order valence-electron chi connectivity index (χ2n) is 7.26. The second kappa shape index (κ2) is 10.3. The van der Waals surface area contributed by atoms with E-state index in [-0.39, 0.29) is 42.0 Å². The van der Waals surface area contributed by atoms with Gasteiger partial charge in [0, 0.05) is 32.6 Å². The lowest BCUT2D eigenvalue weighted by Crippen LogP contribution is -2.50. The summed E-state index contributed by atoms with van der Waals surface area (Å²) in [5.41, 5.74) is 6.66. The number of benzene rings is 1. The van der Waals surface area contributed by atoms with E-state index >= 15 is 0 Å². The van der Waals surface area contributed by atoms with Gasteiger partial charge in [-0.25, -0.2) is 4.39 Å². The van der Waals surface area contributed by atoms with Crippen LogP contribution in [-0.2, 0) is 4.79 Å². The average Bonchev–Trinajstić information content (AvgIpc) is 2.63. The summed E-state index contributed by atoms with van der Waals surface area (Å²) in [6.07, 6.45) is 6.35. The molecular weight excluding hydrogens is 376 g/mol. The van der Waals surface area contributed by atoms with Crippen LogP contribution in [0.2, 0.25) is 0 Å². The Kier molecular flexibility index (Phi) is 9.14. The number of nitrogens with zero attached hydrogens (tertiary/aromatic N) is 2. The lowest BCUT2D eigenvalue weighted by atomic mass is 9.71. The van der Waals surface area contributed by atoms with Crippen LogP contribution in [-0.4, -0.2) is 43.5 Å². The van der Waals surface area contributed by atoms with Crippen molar-refractivity contribution in [3.63, 3.8) is 0 Å². The van der Waals surface area contributed by atoms with Crippen LogP contribution in [0.25, 0.3) is 0 Å². The Bertz CT molecular complexity index is 574. The van der Waals surface area contributed by atoms with Crippen molar-refractivity contribution in [3.8, 4) is 0 Å². The molecule has 26 heavy (non-hydrogen) atoms. The maximum atomic E-state index is 13.9. The highest BCUT2D eigenvalue weighted by Crippen LogP contribution is 2.38. The van der Waals surface area contributed by atoms with Crippen LogP contribution < -0.4 is 10.6 Å².